The Bertz CT molecular complexity index is 1960. The van der Waals surface area contributed by atoms with Crippen molar-refractivity contribution >= 4 is 57.9 Å². The lowest BCUT2D eigenvalue weighted by atomic mass is 9.68. The van der Waals surface area contributed by atoms with Crippen LogP contribution in [-0.2, 0) is 16.2 Å². The van der Waals surface area contributed by atoms with Crippen LogP contribution in [0.3, 0.4) is 0 Å². The van der Waals surface area contributed by atoms with E-state index in [-0.39, 0.29) is 51.3 Å². The van der Waals surface area contributed by atoms with Gasteiger partial charge in [-0.15, -0.1) is 11.8 Å². The van der Waals surface area contributed by atoms with Crippen LogP contribution in [0.5, 0.6) is 5.75 Å². The fourth-order valence-corrected chi connectivity index (χ4v) is 11.2. The molecule has 12 heteroatoms. The van der Waals surface area contributed by atoms with Crippen LogP contribution >= 0.6 is 34.7 Å². The number of rotatable bonds is 6. The van der Waals surface area contributed by atoms with Crippen molar-refractivity contribution in [3.05, 3.63) is 113 Å². The summed E-state index contributed by atoms with van der Waals surface area (Å²) in [5.41, 5.74) is 3.30. The number of nitro groups is 1. The minimum Gasteiger partial charge on any atom is -0.489 e. The molecule has 2 aliphatic heterocycles. The van der Waals surface area contributed by atoms with E-state index in [1.165, 1.54) is 40.5 Å². The Kier molecular flexibility index (Phi) is 6.70. The van der Waals surface area contributed by atoms with Crippen molar-refractivity contribution in [1.29, 1.82) is 0 Å². The summed E-state index contributed by atoms with van der Waals surface area (Å²) in [7, 11) is 0. The standard InChI is InChI=1S/C33H26ClN3O6S2/c1-15-4-2-3-5-16(15)14-43-23-11-6-17(34)12-20(23)24-25-21-13-22(28(25)44-30-29(24)45-33(40)35-30)27-26(21)31(38)36(32(27)39)18-7-9-19(10-8-18)37(41)42/h2-12,21-22,24-28H,13-14H2,1H3,(H,35,40)/t21-,22-,24+,25+,26+,27+,28-/m1/s1. The predicted molar refractivity (Wildman–Crippen MR) is 171 cm³/mol. The minimum atomic E-state index is -0.508. The molecule has 8 rings (SSSR count). The van der Waals surface area contributed by atoms with E-state index in [1.807, 2.05) is 43.3 Å². The number of hydrogen-bond acceptors (Lipinski definition) is 8. The van der Waals surface area contributed by atoms with Crippen LogP contribution in [0.2, 0.25) is 5.02 Å². The summed E-state index contributed by atoms with van der Waals surface area (Å²) >= 11 is 9.40. The van der Waals surface area contributed by atoms with Crippen molar-refractivity contribution in [3.8, 4) is 5.75 Å². The number of carbonyl (C=O) groups excluding carboxylic acids is 2. The molecule has 7 atom stereocenters. The van der Waals surface area contributed by atoms with E-state index in [9.17, 15) is 24.5 Å². The smallest absolute Gasteiger partial charge is 0.305 e. The number of thioether (sulfide) groups is 1. The van der Waals surface area contributed by atoms with Crippen LogP contribution in [-0.4, -0.2) is 27.0 Å². The number of nitro benzene ring substituents is 1. The van der Waals surface area contributed by atoms with Crippen LogP contribution in [0.25, 0.3) is 0 Å². The Morgan fingerprint density at radius 1 is 1.02 bits per heavy atom. The summed E-state index contributed by atoms with van der Waals surface area (Å²) in [6.45, 7) is 2.40. The van der Waals surface area contributed by atoms with Gasteiger partial charge in [0.1, 0.15) is 12.4 Å². The number of aromatic nitrogens is 1. The van der Waals surface area contributed by atoms with Crippen molar-refractivity contribution in [2.45, 2.75) is 36.1 Å². The van der Waals surface area contributed by atoms with Gasteiger partial charge in [-0.25, -0.2) is 0 Å². The molecule has 0 unspecified atom stereocenters. The Balaban J connectivity index is 1.19. The zero-order chi connectivity index (χ0) is 31.1. The van der Waals surface area contributed by atoms with Gasteiger partial charge >= 0.3 is 4.87 Å². The van der Waals surface area contributed by atoms with Crippen molar-refractivity contribution < 1.29 is 19.2 Å². The maximum atomic E-state index is 14.1. The van der Waals surface area contributed by atoms with Gasteiger partial charge in [0, 0.05) is 38.8 Å². The van der Waals surface area contributed by atoms with E-state index < -0.39 is 16.8 Å². The number of thiazole rings is 1. The van der Waals surface area contributed by atoms with Gasteiger partial charge in [0.15, 0.2) is 0 Å². The largest absolute Gasteiger partial charge is 0.489 e. The third-order valence-electron chi connectivity index (χ3n) is 9.99. The highest BCUT2D eigenvalue weighted by atomic mass is 35.5. The lowest BCUT2D eigenvalue weighted by Crippen LogP contribution is -2.42. The van der Waals surface area contributed by atoms with Gasteiger partial charge in [0.25, 0.3) is 5.69 Å². The van der Waals surface area contributed by atoms with Gasteiger partial charge in [-0.05, 0) is 72.6 Å². The number of amides is 2. The van der Waals surface area contributed by atoms with Crippen LogP contribution in [0.15, 0.2) is 76.6 Å². The molecule has 4 aromatic rings. The second kappa shape index (κ2) is 10.6. The number of halogens is 1. The molecule has 4 aliphatic rings. The van der Waals surface area contributed by atoms with Crippen molar-refractivity contribution in [2.75, 3.05) is 4.90 Å². The summed E-state index contributed by atoms with van der Waals surface area (Å²) in [6, 6.07) is 19.2. The number of fused-ring (bicyclic) bond motifs is 9. The first-order chi connectivity index (χ1) is 21.7. The number of nitrogens with zero attached hydrogens (tertiary/aromatic N) is 2. The Morgan fingerprint density at radius 3 is 2.49 bits per heavy atom. The number of aromatic amines is 1. The summed E-state index contributed by atoms with van der Waals surface area (Å²) in [4.78, 5) is 56.4. The number of non-ortho nitro benzene ring substituents is 1. The van der Waals surface area contributed by atoms with E-state index in [1.54, 1.807) is 17.8 Å². The lowest BCUT2D eigenvalue weighted by Gasteiger charge is -2.43. The molecule has 0 spiro atoms. The summed E-state index contributed by atoms with van der Waals surface area (Å²) in [6.07, 6.45) is 0.735. The predicted octanol–water partition coefficient (Wildman–Crippen LogP) is 6.56. The second-order valence-corrected chi connectivity index (χ2v) is 14.8. The van der Waals surface area contributed by atoms with Gasteiger partial charge < -0.3 is 9.72 Å². The Labute approximate surface area is 270 Å². The molecule has 1 saturated heterocycles. The number of hydrogen-bond donors (Lipinski definition) is 1. The highest BCUT2D eigenvalue weighted by molar-refractivity contribution is 8.00. The first-order valence-corrected chi connectivity index (χ1v) is 16.8. The number of ether oxygens (including phenoxy) is 1. The maximum Gasteiger partial charge on any atom is 0.305 e. The van der Waals surface area contributed by atoms with E-state index in [2.05, 4.69) is 4.98 Å². The number of H-pyrrole nitrogens is 1. The number of anilines is 1. The van der Waals surface area contributed by atoms with Crippen molar-refractivity contribution in [2.24, 2.45) is 29.6 Å². The van der Waals surface area contributed by atoms with Gasteiger partial charge in [0.2, 0.25) is 11.8 Å². The molecule has 1 N–H and O–H groups in total. The fourth-order valence-electron chi connectivity index (χ4n) is 8.16. The monoisotopic (exact) mass is 659 g/mol. The first kappa shape index (κ1) is 28.5. The minimum absolute atomic E-state index is 0.00393. The zero-order valence-electron chi connectivity index (χ0n) is 23.8. The summed E-state index contributed by atoms with van der Waals surface area (Å²) < 4.78 is 6.46. The second-order valence-electron chi connectivity index (χ2n) is 12.1. The van der Waals surface area contributed by atoms with Crippen LogP contribution in [0.1, 0.15) is 33.9 Å². The van der Waals surface area contributed by atoms with Crippen molar-refractivity contribution in [1.82, 2.24) is 4.98 Å². The maximum absolute atomic E-state index is 14.1. The average Bonchev–Trinajstić information content (AvgIpc) is 3.76. The molecule has 45 heavy (non-hydrogen) atoms. The highest BCUT2D eigenvalue weighted by Gasteiger charge is 2.69. The molecule has 2 aliphatic carbocycles. The molecule has 3 aromatic carbocycles. The molecule has 3 heterocycles. The number of nitrogens with one attached hydrogen (secondary N) is 1. The normalized spacial score (nSPS) is 27.8. The molecule has 1 aromatic heterocycles. The van der Waals surface area contributed by atoms with Crippen LogP contribution in [0.4, 0.5) is 11.4 Å². The van der Waals surface area contributed by atoms with Gasteiger partial charge in [-0.2, -0.15) is 0 Å². The van der Waals surface area contributed by atoms with Gasteiger partial charge in [0.05, 0.1) is 27.5 Å². The van der Waals surface area contributed by atoms with E-state index in [0.29, 0.717) is 23.1 Å². The van der Waals surface area contributed by atoms with Crippen LogP contribution < -0.4 is 14.5 Å². The summed E-state index contributed by atoms with van der Waals surface area (Å²) in [5.74, 6) is -1.28. The summed E-state index contributed by atoms with van der Waals surface area (Å²) in [5, 5.41) is 12.5. The number of imide groups is 1. The molecule has 228 valence electrons. The fraction of sp³-hybridized carbons (Fsp3) is 0.303. The third kappa shape index (κ3) is 4.39. The highest BCUT2D eigenvalue weighted by Crippen LogP contribution is 2.69. The average molecular weight is 660 g/mol. The lowest BCUT2D eigenvalue weighted by molar-refractivity contribution is -0.384. The molecule has 2 bridgehead atoms. The quantitative estimate of drug-likeness (QED) is 0.141. The molecular weight excluding hydrogens is 634 g/mol. The topological polar surface area (TPSA) is 123 Å². The Morgan fingerprint density at radius 2 is 1.76 bits per heavy atom. The SMILES string of the molecule is Cc1ccccc1COc1ccc(Cl)cc1[C@@H]1c2sc(=O)[nH]c2S[C@@H]2[C@@H]3C[C@@H]([C@@H]4C(=O)N(c5ccc([N+](=O)[O-])cc5)C(=O)[C@@H]34)[C@@H]12. The van der Waals surface area contributed by atoms with E-state index in [0.717, 1.165) is 33.0 Å². The molecule has 3 fully saturated rings. The molecule has 0 radical (unpaired) electrons. The number of aryl methyl sites for hydroxylation is 1. The van der Waals surface area contributed by atoms with Gasteiger partial charge in [-0.3, -0.25) is 29.4 Å². The van der Waals surface area contributed by atoms with E-state index in [4.69, 9.17) is 16.3 Å². The number of benzene rings is 3. The first-order valence-electron chi connectivity index (χ1n) is 14.7. The molecule has 9 nitrogen and oxygen atoms in total. The van der Waals surface area contributed by atoms with E-state index >= 15 is 0 Å². The van der Waals surface area contributed by atoms with Gasteiger partial charge in [-0.1, -0.05) is 47.2 Å². The zero-order valence-corrected chi connectivity index (χ0v) is 26.2. The molecular formula is C33H26ClN3O6S2. The Hall–Kier alpha value is -3.93. The third-order valence-corrected chi connectivity index (χ3v) is 12.8. The molecule has 2 amide bonds. The molecule has 2 saturated carbocycles. The van der Waals surface area contributed by atoms with Crippen LogP contribution in [0, 0.1) is 46.6 Å². The van der Waals surface area contributed by atoms with Crippen molar-refractivity contribution in [3.63, 3.8) is 0 Å². The number of carbonyl (C=O) groups is 2.